The molecule has 4 rings (SSSR count). The second-order valence-corrected chi connectivity index (χ2v) is 10.7. The summed E-state index contributed by atoms with van der Waals surface area (Å²) in [6.07, 6.45) is 5.99. The quantitative estimate of drug-likeness (QED) is 0.732. The third kappa shape index (κ3) is 3.52. The minimum Gasteiger partial charge on any atom is -0.351 e. The van der Waals surface area contributed by atoms with Gasteiger partial charge in [0.15, 0.2) is 0 Å². The molecule has 1 N–H and O–H groups in total. The fourth-order valence-corrected chi connectivity index (χ4v) is 6.59. The third-order valence-electron chi connectivity index (χ3n) is 7.68. The Morgan fingerprint density at radius 2 is 2.10 bits per heavy atom. The van der Waals surface area contributed by atoms with Crippen molar-refractivity contribution in [3.63, 3.8) is 0 Å². The van der Waals surface area contributed by atoms with Crippen molar-refractivity contribution in [2.24, 2.45) is 11.3 Å². The van der Waals surface area contributed by atoms with E-state index in [1.807, 2.05) is 6.92 Å². The highest BCUT2D eigenvalue weighted by Crippen LogP contribution is 2.57. The molecule has 5 heteroatoms. The predicted octanol–water partition coefficient (Wildman–Crippen LogP) is 5.41. The fraction of sp³-hybridized carbons (Fsp3) is 0.625. The van der Waals surface area contributed by atoms with Crippen LogP contribution in [0.25, 0.3) is 0 Å². The Balaban J connectivity index is 1.58. The molecule has 1 fully saturated rings. The van der Waals surface area contributed by atoms with Crippen molar-refractivity contribution in [1.82, 2.24) is 14.9 Å². The van der Waals surface area contributed by atoms with Crippen LogP contribution >= 0.6 is 11.5 Å². The Morgan fingerprint density at radius 3 is 2.79 bits per heavy atom. The van der Waals surface area contributed by atoms with Crippen molar-refractivity contribution in [3.8, 4) is 0 Å². The van der Waals surface area contributed by atoms with Crippen molar-refractivity contribution in [1.29, 1.82) is 0 Å². The summed E-state index contributed by atoms with van der Waals surface area (Å²) < 4.78 is 3.91. The Labute approximate surface area is 178 Å². The first kappa shape index (κ1) is 20.5. The first-order chi connectivity index (χ1) is 13.7. The van der Waals surface area contributed by atoms with Crippen molar-refractivity contribution >= 4 is 17.4 Å². The molecule has 3 atom stereocenters. The van der Waals surface area contributed by atoms with Crippen molar-refractivity contribution < 1.29 is 4.79 Å². The first-order valence-electron chi connectivity index (χ1n) is 10.9. The van der Waals surface area contributed by atoms with E-state index in [0.717, 1.165) is 18.7 Å². The van der Waals surface area contributed by atoms with Gasteiger partial charge in [0.2, 0.25) is 0 Å². The maximum absolute atomic E-state index is 12.7. The van der Waals surface area contributed by atoms with E-state index in [4.69, 9.17) is 0 Å². The molecule has 2 aliphatic rings. The third-order valence-corrected chi connectivity index (χ3v) is 8.51. The van der Waals surface area contributed by atoms with E-state index in [1.165, 1.54) is 42.8 Å². The number of aromatic nitrogens is 2. The lowest BCUT2D eigenvalue weighted by atomic mass is 9.49. The van der Waals surface area contributed by atoms with E-state index >= 15 is 0 Å². The second-order valence-electron chi connectivity index (χ2n) is 9.96. The van der Waals surface area contributed by atoms with Gasteiger partial charge < -0.3 is 5.32 Å². The van der Waals surface area contributed by atoms with Gasteiger partial charge in [-0.3, -0.25) is 4.79 Å². The molecule has 29 heavy (non-hydrogen) atoms. The Hall–Kier alpha value is -1.75. The van der Waals surface area contributed by atoms with Crippen LogP contribution in [0.5, 0.6) is 0 Å². The summed E-state index contributed by atoms with van der Waals surface area (Å²) in [6.45, 7) is 12.0. The largest absolute Gasteiger partial charge is 0.351 e. The second kappa shape index (κ2) is 7.50. The summed E-state index contributed by atoms with van der Waals surface area (Å²) in [7, 11) is 0. The van der Waals surface area contributed by atoms with Crippen LogP contribution in [-0.2, 0) is 11.8 Å². The highest BCUT2D eigenvalue weighted by atomic mass is 32.1. The topological polar surface area (TPSA) is 54.9 Å². The zero-order valence-electron chi connectivity index (χ0n) is 18.3. The average molecular weight is 412 g/mol. The standard InChI is InChI=1S/C24H33N3OS/c1-15(2)17-7-9-19-18(13-17)8-10-20-23(4,11-6-12-24(19,20)5)14-25-22(28)21-16(3)26-27-29-21/h7,9,13,15,20H,6,8,10-12,14H2,1-5H3,(H,25,28)/t20-,23-,24+/m0/s1. The van der Waals surface area contributed by atoms with Gasteiger partial charge in [-0.2, -0.15) is 0 Å². The summed E-state index contributed by atoms with van der Waals surface area (Å²) in [5, 5.41) is 7.20. The van der Waals surface area contributed by atoms with Gasteiger partial charge in [0.25, 0.3) is 5.91 Å². The molecule has 2 aliphatic carbocycles. The van der Waals surface area contributed by atoms with Gasteiger partial charge in [-0.1, -0.05) is 56.8 Å². The van der Waals surface area contributed by atoms with Gasteiger partial charge in [-0.05, 0) is 83.5 Å². The monoisotopic (exact) mass is 411 g/mol. The number of carbonyl (C=O) groups excluding carboxylic acids is 1. The minimum absolute atomic E-state index is 0.0243. The minimum atomic E-state index is -0.0243. The molecule has 0 bridgehead atoms. The highest BCUT2D eigenvalue weighted by molar-refractivity contribution is 7.08. The zero-order chi connectivity index (χ0) is 20.8. The summed E-state index contributed by atoms with van der Waals surface area (Å²) in [4.78, 5) is 13.3. The van der Waals surface area contributed by atoms with E-state index in [-0.39, 0.29) is 16.7 Å². The molecule has 1 aromatic heterocycles. The SMILES string of the molecule is Cc1nnsc1C(=O)NC[C@]1(C)CCC[C@]2(C)c3ccc(C(C)C)cc3CC[C@@H]12. The maximum Gasteiger partial charge on any atom is 0.264 e. The number of nitrogens with one attached hydrogen (secondary N) is 1. The van der Waals surface area contributed by atoms with Crippen LogP contribution in [0.2, 0.25) is 0 Å². The fourth-order valence-electron chi connectivity index (χ4n) is 6.02. The number of rotatable bonds is 4. The lowest BCUT2D eigenvalue weighted by Gasteiger charge is -2.55. The molecule has 4 nitrogen and oxygen atoms in total. The summed E-state index contributed by atoms with van der Waals surface area (Å²) in [6, 6.07) is 7.20. The van der Waals surface area contributed by atoms with E-state index < -0.39 is 0 Å². The maximum atomic E-state index is 12.7. The Morgan fingerprint density at radius 1 is 1.31 bits per heavy atom. The van der Waals surface area contributed by atoms with Crippen LogP contribution in [-0.4, -0.2) is 22.0 Å². The van der Waals surface area contributed by atoms with Crippen LogP contribution in [0.3, 0.4) is 0 Å². The van der Waals surface area contributed by atoms with E-state index in [1.54, 1.807) is 11.1 Å². The summed E-state index contributed by atoms with van der Waals surface area (Å²) >= 11 is 1.19. The molecule has 156 valence electrons. The number of fused-ring (bicyclic) bond motifs is 3. The molecule has 0 saturated heterocycles. The summed E-state index contributed by atoms with van der Waals surface area (Å²) in [5.41, 5.74) is 5.59. The molecule has 1 aromatic carbocycles. The van der Waals surface area contributed by atoms with Gasteiger partial charge in [0.1, 0.15) is 4.88 Å². The number of nitrogens with zero attached hydrogens (tertiary/aromatic N) is 2. The molecule has 1 heterocycles. The van der Waals surface area contributed by atoms with Crippen molar-refractivity contribution in [2.75, 3.05) is 6.54 Å². The molecular weight excluding hydrogens is 378 g/mol. The lowest BCUT2D eigenvalue weighted by Crippen LogP contribution is -2.53. The van der Waals surface area contributed by atoms with Crippen LogP contribution in [0.15, 0.2) is 18.2 Å². The molecule has 0 radical (unpaired) electrons. The van der Waals surface area contributed by atoms with Crippen LogP contribution in [0, 0.1) is 18.3 Å². The van der Waals surface area contributed by atoms with Crippen molar-refractivity contribution in [3.05, 3.63) is 45.5 Å². The number of hydrogen-bond acceptors (Lipinski definition) is 4. The smallest absolute Gasteiger partial charge is 0.264 e. The number of hydrogen-bond donors (Lipinski definition) is 1. The molecule has 0 unspecified atom stereocenters. The Kier molecular flexibility index (Phi) is 5.30. The molecular formula is C24H33N3OS. The molecule has 1 saturated carbocycles. The number of carbonyl (C=O) groups is 1. The van der Waals surface area contributed by atoms with E-state index in [9.17, 15) is 4.79 Å². The van der Waals surface area contributed by atoms with Crippen LogP contribution in [0.4, 0.5) is 0 Å². The lowest BCUT2D eigenvalue weighted by molar-refractivity contribution is 0.0255. The molecule has 0 spiro atoms. The molecule has 1 amide bonds. The predicted molar refractivity (Wildman–Crippen MR) is 119 cm³/mol. The van der Waals surface area contributed by atoms with Gasteiger partial charge in [0, 0.05) is 6.54 Å². The number of aryl methyl sites for hydroxylation is 2. The molecule has 0 aliphatic heterocycles. The van der Waals surface area contributed by atoms with Gasteiger partial charge in [-0.15, -0.1) is 5.10 Å². The number of benzene rings is 1. The number of amides is 1. The first-order valence-corrected chi connectivity index (χ1v) is 11.7. The average Bonchev–Trinajstić information content (AvgIpc) is 3.11. The van der Waals surface area contributed by atoms with Gasteiger partial charge >= 0.3 is 0 Å². The zero-order valence-corrected chi connectivity index (χ0v) is 19.2. The normalized spacial score (nSPS) is 28.7. The Bertz CT molecular complexity index is 921. The van der Waals surface area contributed by atoms with Gasteiger partial charge in [0.05, 0.1) is 5.69 Å². The van der Waals surface area contributed by atoms with Gasteiger partial charge in [-0.25, -0.2) is 0 Å². The van der Waals surface area contributed by atoms with E-state index in [0.29, 0.717) is 16.7 Å². The summed E-state index contributed by atoms with van der Waals surface area (Å²) in [5.74, 6) is 1.13. The van der Waals surface area contributed by atoms with Crippen LogP contribution < -0.4 is 5.32 Å². The molecule has 2 aromatic rings. The van der Waals surface area contributed by atoms with Crippen LogP contribution in [0.1, 0.15) is 91.4 Å². The highest BCUT2D eigenvalue weighted by Gasteiger charge is 2.51. The van der Waals surface area contributed by atoms with E-state index in [2.05, 4.69) is 60.8 Å². The van der Waals surface area contributed by atoms with Crippen molar-refractivity contribution in [2.45, 2.75) is 78.1 Å².